The number of amides is 1. The lowest BCUT2D eigenvalue weighted by molar-refractivity contribution is -0.122. The first-order chi connectivity index (χ1) is 10.3. The molecule has 0 aliphatic carbocycles. The zero-order valence-electron chi connectivity index (χ0n) is 12.4. The Bertz CT molecular complexity index is 613. The van der Waals surface area contributed by atoms with Crippen LogP contribution in [-0.4, -0.2) is 28.1 Å². The Morgan fingerprint density at radius 1 is 1.32 bits per heavy atom. The average molecular weight is 341 g/mol. The Kier molecular flexibility index (Phi) is 5.08. The molecule has 5 nitrogen and oxygen atoms in total. The fourth-order valence-corrected chi connectivity index (χ4v) is 2.54. The highest BCUT2D eigenvalue weighted by atomic mass is 35.5. The minimum absolute atomic E-state index is 0.0819. The number of carbonyl (C=O) groups excluding carboxylic acids is 1. The molecule has 7 heteroatoms. The van der Waals surface area contributed by atoms with Crippen molar-refractivity contribution in [3.63, 3.8) is 0 Å². The maximum atomic E-state index is 12.1. The van der Waals surface area contributed by atoms with E-state index in [1.807, 2.05) is 44.2 Å². The molecule has 0 saturated heterocycles. The summed E-state index contributed by atoms with van der Waals surface area (Å²) in [5.74, 6) is 0.448. The van der Waals surface area contributed by atoms with Crippen molar-refractivity contribution in [3.05, 3.63) is 35.9 Å². The molecule has 1 amide bonds. The predicted molar refractivity (Wildman–Crippen MR) is 90.4 cm³/mol. The first-order valence-corrected chi connectivity index (χ1v) is 7.81. The third kappa shape index (κ3) is 3.42. The summed E-state index contributed by atoms with van der Waals surface area (Å²) in [5, 5.41) is 2.73. The van der Waals surface area contributed by atoms with Crippen LogP contribution in [0, 0.1) is 5.92 Å². The summed E-state index contributed by atoms with van der Waals surface area (Å²) in [7, 11) is 0. The second-order valence-electron chi connectivity index (χ2n) is 5.51. The lowest BCUT2D eigenvalue weighted by Gasteiger charge is -2.28. The van der Waals surface area contributed by atoms with Gasteiger partial charge in [-0.25, -0.2) is 9.98 Å². The predicted octanol–water partition coefficient (Wildman–Crippen LogP) is 2.47. The van der Waals surface area contributed by atoms with Crippen LogP contribution in [-0.2, 0) is 4.79 Å². The van der Waals surface area contributed by atoms with Crippen molar-refractivity contribution in [1.29, 1.82) is 0 Å². The van der Waals surface area contributed by atoms with Crippen molar-refractivity contribution in [3.8, 4) is 0 Å². The summed E-state index contributed by atoms with van der Waals surface area (Å²) in [4.78, 5) is 19.7. The van der Waals surface area contributed by atoms with Crippen molar-refractivity contribution in [1.82, 2.24) is 5.32 Å². The first-order valence-electron chi connectivity index (χ1n) is 6.94. The Labute approximate surface area is 139 Å². The summed E-state index contributed by atoms with van der Waals surface area (Å²) >= 11 is 12.1. The number of nitrogens with one attached hydrogen (secondary N) is 1. The van der Waals surface area contributed by atoms with Crippen LogP contribution in [0.15, 0.2) is 40.3 Å². The normalized spacial score (nSPS) is 21.0. The summed E-state index contributed by atoms with van der Waals surface area (Å²) in [6.07, 6.45) is 0.325. The van der Waals surface area contributed by atoms with E-state index in [2.05, 4.69) is 15.3 Å². The largest absolute Gasteiger partial charge is 0.383 e. The molecule has 1 aliphatic heterocycles. The van der Waals surface area contributed by atoms with Gasteiger partial charge in [-0.2, -0.15) is 0 Å². The second kappa shape index (κ2) is 6.67. The van der Waals surface area contributed by atoms with E-state index in [9.17, 15) is 4.79 Å². The monoisotopic (exact) mass is 340 g/mol. The fourth-order valence-electron chi connectivity index (χ4n) is 2.11. The molecule has 0 spiro atoms. The molecule has 22 heavy (non-hydrogen) atoms. The number of alkyl halides is 2. The molecule has 0 fully saturated rings. The number of halogens is 2. The maximum absolute atomic E-state index is 12.1. The van der Waals surface area contributed by atoms with Gasteiger partial charge in [0.2, 0.25) is 11.6 Å². The van der Waals surface area contributed by atoms with Crippen LogP contribution in [0.2, 0.25) is 0 Å². The third-order valence-corrected chi connectivity index (χ3v) is 3.80. The van der Waals surface area contributed by atoms with Crippen molar-refractivity contribution in [2.24, 2.45) is 21.6 Å². The fraction of sp³-hybridized carbons (Fsp3) is 0.400. The van der Waals surface area contributed by atoms with Gasteiger partial charge in [-0.15, -0.1) is 0 Å². The molecule has 118 valence electrons. The molecule has 1 aromatic rings. The van der Waals surface area contributed by atoms with Gasteiger partial charge in [-0.3, -0.25) is 4.79 Å². The van der Waals surface area contributed by atoms with Gasteiger partial charge in [-0.1, -0.05) is 67.4 Å². The lowest BCUT2D eigenvalue weighted by atomic mass is 10.1. The Balaban J connectivity index is 2.34. The molecule has 0 aromatic heterocycles. The van der Waals surface area contributed by atoms with Crippen molar-refractivity contribution in [2.75, 3.05) is 0 Å². The van der Waals surface area contributed by atoms with Crippen molar-refractivity contribution < 1.29 is 4.79 Å². The SMILES string of the molecule is CC(C)CC(=O)NC1(C(Cl)Cl)N=C(c2ccccc2)N=C1N. The summed E-state index contributed by atoms with van der Waals surface area (Å²) in [6.45, 7) is 3.88. The molecule has 0 bridgehead atoms. The van der Waals surface area contributed by atoms with Crippen LogP contribution in [0.25, 0.3) is 0 Å². The summed E-state index contributed by atoms with van der Waals surface area (Å²) in [5.41, 5.74) is 5.33. The van der Waals surface area contributed by atoms with E-state index >= 15 is 0 Å². The van der Waals surface area contributed by atoms with E-state index in [-0.39, 0.29) is 17.7 Å². The van der Waals surface area contributed by atoms with E-state index < -0.39 is 10.5 Å². The van der Waals surface area contributed by atoms with Crippen molar-refractivity contribution >= 4 is 40.8 Å². The smallest absolute Gasteiger partial charge is 0.222 e. The molecule has 0 saturated carbocycles. The van der Waals surface area contributed by atoms with Gasteiger partial charge >= 0.3 is 0 Å². The molecule has 1 unspecified atom stereocenters. The van der Waals surface area contributed by atoms with Gasteiger partial charge < -0.3 is 11.1 Å². The molecule has 1 heterocycles. The van der Waals surface area contributed by atoms with E-state index in [0.29, 0.717) is 12.3 Å². The number of carbonyl (C=O) groups is 1. The molecule has 2 rings (SSSR count). The number of nitrogens with zero attached hydrogens (tertiary/aromatic N) is 2. The Hall–Kier alpha value is -1.59. The Morgan fingerprint density at radius 3 is 2.50 bits per heavy atom. The van der Waals surface area contributed by atoms with Crippen molar-refractivity contribution in [2.45, 2.75) is 30.8 Å². The molecule has 1 atom stereocenters. The summed E-state index contributed by atoms with van der Waals surface area (Å²) < 4.78 is 0. The van der Waals surface area contributed by atoms with Crippen LogP contribution < -0.4 is 11.1 Å². The number of nitrogens with two attached hydrogens (primary N) is 1. The van der Waals surface area contributed by atoms with E-state index in [4.69, 9.17) is 28.9 Å². The number of hydrogen-bond donors (Lipinski definition) is 2. The van der Waals surface area contributed by atoms with Crippen LogP contribution in [0.3, 0.4) is 0 Å². The Morgan fingerprint density at radius 2 is 1.95 bits per heavy atom. The van der Waals surface area contributed by atoms with Crippen LogP contribution in [0.1, 0.15) is 25.8 Å². The number of hydrogen-bond acceptors (Lipinski definition) is 4. The molecule has 3 N–H and O–H groups in total. The molecule has 1 aromatic carbocycles. The zero-order chi connectivity index (χ0) is 16.3. The van der Waals surface area contributed by atoms with E-state index in [1.165, 1.54) is 0 Å². The number of aliphatic imine (C=N–C) groups is 2. The molecule has 1 aliphatic rings. The minimum Gasteiger partial charge on any atom is -0.383 e. The molecular weight excluding hydrogens is 323 g/mol. The van der Waals surface area contributed by atoms with Gasteiger partial charge in [0.15, 0.2) is 16.5 Å². The first kappa shape index (κ1) is 16.8. The van der Waals surface area contributed by atoms with E-state index in [1.54, 1.807) is 0 Å². The molecule has 0 radical (unpaired) electrons. The van der Waals surface area contributed by atoms with Gasteiger partial charge in [0.25, 0.3) is 0 Å². The topological polar surface area (TPSA) is 79.8 Å². The minimum atomic E-state index is -1.42. The van der Waals surface area contributed by atoms with Crippen LogP contribution >= 0.6 is 23.2 Å². The maximum Gasteiger partial charge on any atom is 0.222 e. The average Bonchev–Trinajstić information content (AvgIpc) is 2.77. The van der Waals surface area contributed by atoms with Gasteiger partial charge in [-0.05, 0) is 5.92 Å². The summed E-state index contributed by atoms with van der Waals surface area (Å²) in [6, 6.07) is 9.30. The number of amidine groups is 2. The zero-order valence-corrected chi connectivity index (χ0v) is 13.9. The standard InChI is InChI=1S/C15H18Cl2N4O/c1-9(2)8-11(22)20-15(13(16)17)14(18)19-12(21-15)10-6-4-3-5-7-10/h3-7,9,13H,8H2,1-2H3,(H,20,22)(H2,18,19,21). The highest BCUT2D eigenvalue weighted by Gasteiger charge is 2.46. The lowest BCUT2D eigenvalue weighted by Crippen LogP contribution is -2.59. The third-order valence-electron chi connectivity index (χ3n) is 3.17. The highest BCUT2D eigenvalue weighted by Crippen LogP contribution is 2.28. The van der Waals surface area contributed by atoms with Crippen LogP contribution in [0.4, 0.5) is 0 Å². The van der Waals surface area contributed by atoms with Gasteiger partial charge in [0.1, 0.15) is 0 Å². The van der Waals surface area contributed by atoms with Gasteiger partial charge in [0, 0.05) is 12.0 Å². The van der Waals surface area contributed by atoms with E-state index in [0.717, 1.165) is 5.56 Å². The number of benzene rings is 1. The van der Waals surface area contributed by atoms with Crippen LogP contribution in [0.5, 0.6) is 0 Å². The highest BCUT2D eigenvalue weighted by molar-refractivity contribution is 6.47. The molecular formula is C15H18Cl2N4O. The van der Waals surface area contributed by atoms with Gasteiger partial charge in [0.05, 0.1) is 0 Å². The quantitative estimate of drug-likeness (QED) is 0.807. The second-order valence-corrected chi connectivity index (χ2v) is 6.61. The number of rotatable bonds is 5.